The Kier molecular flexibility index (Phi) is 5.38. The van der Waals surface area contributed by atoms with Crippen molar-refractivity contribution in [2.75, 3.05) is 6.54 Å². The third-order valence-electron chi connectivity index (χ3n) is 3.74. The molecule has 0 bridgehead atoms. The second-order valence-corrected chi connectivity index (χ2v) is 6.15. The van der Waals surface area contributed by atoms with Crippen molar-refractivity contribution in [2.45, 2.75) is 33.2 Å². The average Bonchev–Trinajstić information content (AvgIpc) is 2.44. The zero-order valence-electron chi connectivity index (χ0n) is 12.4. The molecule has 2 heteroatoms. The number of hydrogen-bond donors (Lipinski definition) is 1. The molecular formula is C18H22BrN. The molecule has 0 spiro atoms. The van der Waals surface area contributed by atoms with Crippen molar-refractivity contribution in [3.8, 4) is 0 Å². The fraction of sp³-hybridized carbons (Fsp3) is 0.333. The first kappa shape index (κ1) is 15.3. The summed E-state index contributed by atoms with van der Waals surface area (Å²) in [6.45, 7) is 7.61. The topological polar surface area (TPSA) is 12.0 Å². The molecule has 0 fully saturated rings. The van der Waals surface area contributed by atoms with Crippen LogP contribution in [0.4, 0.5) is 0 Å². The maximum Gasteiger partial charge on any atom is 0.0579 e. The summed E-state index contributed by atoms with van der Waals surface area (Å²) in [4.78, 5) is 0. The van der Waals surface area contributed by atoms with Crippen LogP contribution in [-0.4, -0.2) is 6.54 Å². The summed E-state index contributed by atoms with van der Waals surface area (Å²) in [6.07, 6.45) is 1.13. The second kappa shape index (κ2) is 7.05. The van der Waals surface area contributed by atoms with Gasteiger partial charge in [0.1, 0.15) is 0 Å². The molecule has 1 N–H and O–H groups in total. The Balaban J connectivity index is 2.44. The summed E-state index contributed by atoms with van der Waals surface area (Å²) < 4.78 is 1.13. The zero-order chi connectivity index (χ0) is 14.5. The largest absolute Gasteiger partial charge is 0.306 e. The van der Waals surface area contributed by atoms with E-state index >= 15 is 0 Å². The molecule has 20 heavy (non-hydrogen) atoms. The molecule has 0 aliphatic rings. The molecule has 106 valence electrons. The van der Waals surface area contributed by atoms with Crippen LogP contribution in [0.3, 0.4) is 0 Å². The third-order valence-corrected chi connectivity index (χ3v) is 4.23. The van der Waals surface area contributed by atoms with Gasteiger partial charge in [0, 0.05) is 4.47 Å². The Morgan fingerprint density at radius 2 is 1.85 bits per heavy atom. The first-order valence-corrected chi connectivity index (χ1v) is 7.97. The molecule has 2 aromatic carbocycles. The Bertz CT molecular complexity index is 577. The van der Waals surface area contributed by atoms with Gasteiger partial charge in [-0.15, -0.1) is 0 Å². The van der Waals surface area contributed by atoms with Gasteiger partial charge in [-0.3, -0.25) is 0 Å². The number of rotatable bonds is 5. The zero-order valence-corrected chi connectivity index (χ0v) is 14.0. The van der Waals surface area contributed by atoms with Crippen LogP contribution in [0.15, 0.2) is 46.9 Å². The minimum absolute atomic E-state index is 0.257. The Morgan fingerprint density at radius 1 is 1.10 bits per heavy atom. The lowest BCUT2D eigenvalue weighted by Gasteiger charge is -2.22. The van der Waals surface area contributed by atoms with E-state index in [4.69, 9.17) is 0 Å². The van der Waals surface area contributed by atoms with Crippen LogP contribution in [0.25, 0.3) is 0 Å². The van der Waals surface area contributed by atoms with Crippen molar-refractivity contribution in [3.63, 3.8) is 0 Å². The van der Waals surface area contributed by atoms with Crippen molar-refractivity contribution >= 4 is 15.9 Å². The van der Waals surface area contributed by atoms with Crippen molar-refractivity contribution in [1.29, 1.82) is 0 Å². The molecule has 1 unspecified atom stereocenters. The van der Waals surface area contributed by atoms with Crippen LogP contribution in [0.5, 0.6) is 0 Å². The van der Waals surface area contributed by atoms with Gasteiger partial charge in [0.05, 0.1) is 6.04 Å². The molecule has 0 aromatic heterocycles. The number of benzene rings is 2. The van der Waals surface area contributed by atoms with E-state index < -0.39 is 0 Å². The van der Waals surface area contributed by atoms with E-state index in [2.05, 4.69) is 84.5 Å². The molecule has 0 aliphatic carbocycles. The highest BCUT2D eigenvalue weighted by Crippen LogP contribution is 2.28. The summed E-state index contributed by atoms with van der Waals surface area (Å²) in [7, 11) is 0. The minimum atomic E-state index is 0.257. The highest BCUT2D eigenvalue weighted by atomic mass is 79.9. The van der Waals surface area contributed by atoms with E-state index in [0.717, 1.165) is 17.4 Å². The Morgan fingerprint density at radius 3 is 2.55 bits per heavy atom. The van der Waals surface area contributed by atoms with E-state index in [0.29, 0.717) is 0 Å². The number of aryl methyl sites for hydroxylation is 1. The molecule has 2 rings (SSSR count). The van der Waals surface area contributed by atoms with Crippen LogP contribution in [0, 0.1) is 13.8 Å². The van der Waals surface area contributed by atoms with Gasteiger partial charge in [0.25, 0.3) is 0 Å². The van der Waals surface area contributed by atoms with Gasteiger partial charge in [-0.05, 0) is 61.2 Å². The highest BCUT2D eigenvalue weighted by molar-refractivity contribution is 9.10. The monoisotopic (exact) mass is 331 g/mol. The van der Waals surface area contributed by atoms with Crippen LogP contribution < -0.4 is 5.32 Å². The van der Waals surface area contributed by atoms with Gasteiger partial charge in [-0.1, -0.05) is 53.2 Å². The summed E-state index contributed by atoms with van der Waals surface area (Å²) in [5.41, 5.74) is 5.40. The summed E-state index contributed by atoms with van der Waals surface area (Å²) in [6, 6.07) is 15.4. The molecule has 1 atom stereocenters. The Labute approximate surface area is 130 Å². The SMILES string of the molecule is CCCNC(c1cccc(Br)c1)c1cccc(C)c1C. The lowest BCUT2D eigenvalue weighted by Crippen LogP contribution is -2.24. The summed E-state index contributed by atoms with van der Waals surface area (Å²) >= 11 is 3.58. The first-order valence-electron chi connectivity index (χ1n) is 7.18. The third kappa shape index (κ3) is 3.50. The fourth-order valence-electron chi connectivity index (χ4n) is 2.47. The molecule has 0 saturated heterocycles. The number of halogens is 1. The molecule has 2 aromatic rings. The van der Waals surface area contributed by atoms with Crippen molar-refractivity contribution < 1.29 is 0 Å². The van der Waals surface area contributed by atoms with Crippen molar-refractivity contribution in [1.82, 2.24) is 5.32 Å². The maximum absolute atomic E-state index is 3.68. The fourth-order valence-corrected chi connectivity index (χ4v) is 2.89. The van der Waals surface area contributed by atoms with Gasteiger partial charge < -0.3 is 5.32 Å². The normalized spacial score (nSPS) is 12.4. The molecule has 1 nitrogen and oxygen atoms in total. The van der Waals surface area contributed by atoms with Gasteiger partial charge >= 0.3 is 0 Å². The standard InChI is InChI=1S/C18H22BrN/c1-4-11-20-18(15-8-6-9-16(19)12-15)17-10-5-7-13(2)14(17)3/h5-10,12,18,20H,4,11H2,1-3H3. The van der Waals surface area contributed by atoms with Gasteiger partial charge in [-0.2, -0.15) is 0 Å². The smallest absolute Gasteiger partial charge is 0.0579 e. The van der Waals surface area contributed by atoms with Crippen LogP contribution in [0.1, 0.15) is 41.6 Å². The predicted octanol–water partition coefficient (Wildman–Crippen LogP) is 5.15. The van der Waals surface area contributed by atoms with Gasteiger partial charge in [-0.25, -0.2) is 0 Å². The van der Waals surface area contributed by atoms with Crippen LogP contribution in [-0.2, 0) is 0 Å². The summed E-state index contributed by atoms with van der Waals surface area (Å²) in [5, 5.41) is 3.68. The van der Waals surface area contributed by atoms with Crippen molar-refractivity contribution in [3.05, 3.63) is 69.2 Å². The molecule has 0 saturated carbocycles. The number of hydrogen-bond acceptors (Lipinski definition) is 1. The van der Waals surface area contributed by atoms with Gasteiger partial charge in [0.2, 0.25) is 0 Å². The van der Waals surface area contributed by atoms with E-state index in [-0.39, 0.29) is 6.04 Å². The maximum atomic E-state index is 3.68. The van der Waals surface area contributed by atoms with Gasteiger partial charge in [0.15, 0.2) is 0 Å². The number of nitrogens with one attached hydrogen (secondary N) is 1. The predicted molar refractivity (Wildman–Crippen MR) is 90.2 cm³/mol. The van der Waals surface area contributed by atoms with E-state index in [1.165, 1.54) is 22.3 Å². The van der Waals surface area contributed by atoms with Crippen LogP contribution in [0.2, 0.25) is 0 Å². The molecule has 0 radical (unpaired) electrons. The summed E-state index contributed by atoms with van der Waals surface area (Å²) in [5.74, 6) is 0. The van der Waals surface area contributed by atoms with E-state index in [9.17, 15) is 0 Å². The lowest BCUT2D eigenvalue weighted by molar-refractivity contribution is 0.595. The Hall–Kier alpha value is -1.12. The second-order valence-electron chi connectivity index (χ2n) is 5.23. The molecule has 0 aliphatic heterocycles. The van der Waals surface area contributed by atoms with E-state index in [1.54, 1.807) is 0 Å². The first-order chi connectivity index (χ1) is 9.63. The van der Waals surface area contributed by atoms with Crippen molar-refractivity contribution in [2.24, 2.45) is 0 Å². The molecule has 0 heterocycles. The average molecular weight is 332 g/mol. The quantitative estimate of drug-likeness (QED) is 0.798. The molecular weight excluding hydrogens is 310 g/mol. The molecule has 0 amide bonds. The minimum Gasteiger partial charge on any atom is -0.306 e. The van der Waals surface area contributed by atoms with E-state index in [1.807, 2.05) is 0 Å². The lowest BCUT2D eigenvalue weighted by atomic mass is 9.92. The highest BCUT2D eigenvalue weighted by Gasteiger charge is 2.16. The van der Waals surface area contributed by atoms with Crippen LogP contribution >= 0.6 is 15.9 Å².